The van der Waals surface area contributed by atoms with Gasteiger partial charge in [-0.05, 0) is 32.6 Å². The van der Waals surface area contributed by atoms with Crippen LogP contribution in [0, 0.1) is 6.92 Å². The lowest BCUT2D eigenvalue weighted by molar-refractivity contribution is 0.0921. The SMILES string of the molecule is Cc1nc2c(c(N(C)Cc3nnc4n3CCNC4=O)n1)CCCC2. The molecule has 0 spiro atoms. The fourth-order valence-electron chi connectivity index (χ4n) is 3.51. The summed E-state index contributed by atoms with van der Waals surface area (Å²) < 4.78 is 1.90. The predicted octanol–water partition coefficient (Wildman–Crippen LogP) is 0.635. The van der Waals surface area contributed by atoms with E-state index >= 15 is 0 Å². The Morgan fingerprint density at radius 1 is 1.21 bits per heavy atom. The molecule has 8 heteroatoms. The lowest BCUT2D eigenvalue weighted by atomic mass is 9.96. The van der Waals surface area contributed by atoms with Gasteiger partial charge in [0.1, 0.15) is 11.6 Å². The molecule has 126 valence electrons. The smallest absolute Gasteiger partial charge is 0.289 e. The molecular formula is C16H21N7O. The third kappa shape index (κ3) is 2.51. The highest BCUT2D eigenvalue weighted by molar-refractivity contribution is 5.91. The fourth-order valence-corrected chi connectivity index (χ4v) is 3.51. The summed E-state index contributed by atoms with van der Waals surface area (Å²) >= 11 is 0. The van der Waals surface area contributed by atoms with E-state index in [9.17, 15) is 4.79 Å². The molecule has 0 saturated carbocycles. The van der Waals surface area contributed by atoms with E-state index in [1.807, 2.05) is 18.5 Å². The number of aromatic nitrogens is 5. The summed E-state index contributed by atoms with van der Waals surface area (Å²) in [6.45, 7) is 3.83. The number of hydrogen-bond acceptors (Lipinski definition) is 6. The van der Waals surface area contributed by atoms with Crippen LogP contribution in [0.2, 0.25) is 0 Å². The van der Waals surface area contributed by atoms with Crippen LogP contribution < -0.4 is 10.2 Å². The Balaban J connectivity index is 1.65. The first-order chi connectivity index (χ1) is 11.6. The Kier molecular flexibility index (Phi) is 3.66. The number of carbonyl (C=O) groups is 1. The van der Waals surface area contributed by atoms with Crippen LogP contribution in [0.3, 0.4) is 0 Å². The van der Waals surface area contributed by atoms with Crippen molar-refractivity contribution in [3.05, 3.63) is 28.7 Å². The van der Waals surface area contributed by atoms with Gasteiger partial charge >= 0.3 is 0 Å². The minimum atomic E-state index is -0.155. The Morgan fingerprint density at radius 2 is 2.04 bits per heavy atom. The molecule has 0 fully saturated rings. The van der Waals surface area contributed by atoms with Gasteiger partial charge in [-0.1, -0.05) is 0 Å². The maximum absolute atomic E-state index is 11.8. The highest BCUT2D eigenvalue weighted by atomic mass is 16.2. The molecule has 0 aromatic carbocycles. The van der Waals surface area contributed by atoms with E-state index in [1.54, 1.807) is 0 Å². The number of nitrogens with one attached hydrogen (secondary N) is 1. The van der Waals surface area contributed by atoms with E-state index in [0.717, 1.165) is 30.3 Å². The molecule has 2 aromatic heterocycles. The van der Waals surface area contributed by atoms with Gasteiger partial charge in [0.2, 0.25) is 5.82 Å². The van der Waals surface area contributed by atoms with Gasteiger partial charge in [0, 0.05) is 31.4 Å². The number of rotatable bonds is 3. The number of amides is 1. The van der Waals surface area contributed by atoms with Crippen molar-refractivity contribution in [2.45, 2.75) is 45.7 Å². The Labute approximate surface area is 140 Å². The largest absolute Gasteiger partial charge is 0.352 e. The van der Waals surface area contributed by atoms with Gasteiger partial charge in [0.25, 0.3) is 5.91 Å². The Bertz CT molecular complexity index is 798. The van der Waals surface area contributed by atoms with Crippen LogP contribution in [0.4, 0.5) is 5.82 Å². The van der Waals surface area contributed by atoms with Crippen molar-refractivity contribution in [1.29, 1.82) is 0 Å². The minimum Gasteiger partial charge on any atom is -0.352 e. The second kappa shape index (κ2) is 5.85. The zero-order valence-electron chi connectivity index (χ0n) is 14.0. The molecule has 1 aliphatic carbocycles. The summed E-state index contributed by atoms with van der Waals surface area (Å²) in [7, 11) is 2.02. The van der Waals surface area contributed by atoms with Gasteiger partial charge in [0.15, 0.2) is 5.82 Å². The van der Waals surface area contributed by atoms with Crippen molar-refractivity contribution in [1.82, 2.24) is 30.0 Å². The van der Waals surface area contributed by atoms with Gasteiger partial charge in [-0.2, -0.15) is 0 Å². The quantitative estimate of drug-likeness (QED) is 0.890. The van der Waals surface area contributed by atoms with Crippen LogP contribution in [0.5, 0.6) is 0 Å². The van der Waals surface area contributed by atoms with Crippen LogP contribution in [0.25, 0.3) is 0 Å². The summed E-state index contributed by atoms with van der Waals surface area (Å²) in [5.41, 5.74) is 2.43. The molecule has 0 saturated heterocycles. The van der Waals surface area contributed by atoms with Crippen molar-refractivity contribution in [3.8, 4) is 0 Å². The van der Waals surface area contributed by atoms with Crippen molar-refractivity contribution in [2.24, 2.45) is 0 Å². The van der Waals surface area contributed by atoms with E-state index in [1.165, 1.54) is 24.1 Å². The van der Waals surface area contributed by atoms with Gasteiger partial charge in [-0.25, -0.2) is 9.97 Å². The Morgan fingerprint density at radius 3 is 2.92 bits per heavy atom. The number of nitrogens with zero attached hydrogens (tertiary/aromatic N) is 6. The van der Waals surface area contributed by atoms with E-state index in [2.05, 4.69) is 30.4 Å². The molecule has 2 aromatic rings. The maximum atomic E-state index is 11.8. The molecule has 3 heterocycles. The second-order valence-corrected chi connectivity index (χ2v) is 6.43. The number of aryl methyl sites for hydroxylation is 2. The predicted molar refractivity (Wildman–Crippen MR) is 87.9 cm³/mol. The summed E-state index contributed by atoms with van der Waals surface area (Å²) in [6, 6.07) is 0. The van der Waals surface area contributed by atoms with Crippen molar-refractivity contribution >= 4 is 11.7 Å². The normalized spacial score (nSPS) is 16.3. The van der Waals surface area contributed by atoms with Gasteiger partial charge in [-0.3, -0.25) is 4.79 Å². The van der Waals surface area contributed by atoms with E-state index in [4.69, 9.17) is 0 Å². The summed E-state index contributed by atoms with van der Waals surface area (Å²) in [6.07, 6.45) is 4.43. The Hall–Kier alpha value is -2.51. The third-order valence-corrected chi connectivity index (χ3v) is 4.66. The van der Waals surface area contributed by atoms with E-state index in [0.29, 0.717) is 25.5 Å². The van der Waals surface area contributed by atoms with Gasteiger partial charge in [-0.15, -0.1) is 10.2 Å². The summed E-state index contributed by atoms with van der Waals surface area (Å²) in [5, 5.41) is 11.0. The molecule has 0 bridgehead atoms. The zero-order valence-corrected chi connectivity index (χ0v) is 14.0. The van der Waals surface area contributed by atoms with Gasteiger partial charge in [0.05, 0.1) is 6.54 Å². The highest BCUT2D eigenvalue weighted by Gasteiger charge is 2.24. The highest BCUT2D eigenvalue weighted by Crippen LogP contribution is 2.28. The summed E-state index contributed by atoms with van der Waals surface area (Å²) in [5.74, 6) is 2.82. The molecule has 0 atom stereocenters. The molecule has 4 rings (SSSR count). The molecular weight excluding hydrogens is 306 g/mol. The van der Waals surface area contributed by atoms with Crippen LogP contribution in [-0.4, -0.2) is 44.2 Å². The first kappa shape index (κ1) is 15.0. The summed E-state index contributed by atoms with van der Waals surface area (Å²) in [4.78, 5) is 23.2. The second-order valence-electron chi connectivity index (χ2n) is 6.43. The molecule has 1 N–H and O–H groups in total. The van der Waals surface area contributed by atoms with Crippen LogP contribution in [-0.2, 0) is 25.9 Å². The molecule has 0 radical (unpaired) electrons. The van der Waals surface area contributed by atoms with Crippen molar-refractivity contribution < 1.29 is 4.79 Å². The molecule has 1 amide bonds. The fraction of sp³-hybridized carbons (Fsp3) is 0.562. The monoisotopic (exact) mass is 327 g/mol. The first-order valence-corrected chi connectivity index (χ1v) is 8.41. The van der Waals surface area contributed by atoms with E-state index < -0.39 is 0 Å². The van der Waals surface area contributed by atoms with Crippen LogP contribution >= 0.6 is 0 Å². The lowest BCUT2D eigenvalue weighted by Gasteiger charge is -2.25. The minimum absolute atomic E-state index is 0.155. The number of carbonyl (C=O) groups excluding carboxylic acids is 1. The maximum Gasteiger partial charge on any atom is 0.289 e. The standard InChI is InChI=1S/C16H21N7O/c1-10-18-12-6-4-3-5-11(12)14(19-10)22(2)9-13-20-21-15-16(24)17-7-8-23(13)15/h3-9H2,1-2H3,(H,17,24). The number of fused-ring (bicyclic) bond motifs is 2. The lowest BCUT2D eigenvalue weighted by Crippen LogP contribution is -2.36. The zero-order chi connectivity index (χ0) is 16.7. The molecule has 0 unspecified atom stereocenters. The molecule has 8 nitrogen and oxygen atoms in total. The van der Waals surface area contributed by atoms with Crippen LogP contribution in [0.1, 0.15) is 46.4 Å². The van der Waals surface area contributed by atoms with E-state index in [-0.39, 0.29) is 5.91 Å². The first-order valence-electron chi connectivity index (χ1n) is 8.41. The van der Waals surface area contributed by atoms with Crippen molar-refractivity contribution in [2.75, 3.05) is 18.5 Å². The number of anilines is 1. The van der Waals surface area contributed by atoms with Crippen LogP contribution in [0.15, 0.2) is 0 Å². The van der Waals surface area contributed by atoms with Gasteiger partial charge < -0.3 is 14.8 Å². The third-order valence-electron chi connectivity index (χ3n) is 4.66. The van der Waals surface area contributed by atoms with Crippen molar-refractivity contribution in [3.63, 3.8) is 0 Å². The topological polar surface area (TPSA) is 88.8 Å². The molecule has 1 aliphatic heterocycles. The molecule has 24 heavy (non-hydrogen) atoms. The average molecular weight is 327 g/mol. The average Bonchev–Trinajstić information content (AvgIpc) is 2.98. The number of hydrogen-bond donors (Lipinski definition) is 1. The molecule has 2 aliphatic rings.